The molecule has 0 spiro atoms. The maximum absolute atomic E-state index is 2.63. The summed E-state index contributed by atoms with van der Waals surface area (Å²) in [7, 11) is 2.27. The van der Waals surface area contributed by atoms with E-state index < -0.39 is 0 Å². The van der Waals surface area contributed by atoms with Crippen LogP contribution in [0.25, 0.3) is 0 Å². The molecular weight excluding hydrogens is 232 g/mol. The van der Waals surface area contributed by atoms with Crippen molar-refractivity contribution in [3.05, 3.63) is 0 Å². The van der Waals surface area contributed by atoms with E-state index in [4.69, 9.17) is 0 Å². The van der Waals surface area contributed by atoms with Crippen molar-refractivity contribution < 1.29 is 0 Å². The Bertz CT molecular complexity index is 234. The van der Waals surface area contributed by atoms with E-state index in [2.05, 4.69) is 51.5 Å². The van der Waals surface area contributed by atoms with Crippen LogP contribution in [0.2, 0.25) is 0 Å². The molecule has 0 bridgehead atoms. The lowest BCUT2D eigenvalue weighted by molar-refractivity contribution is 0.141. The maximum atomic E-state index is 2.63. The summed E-state index contributed by atoms with van der Waals surface area (Å²) < 4.78 is 0. The molecule has 0 N–H and O–H groups in total. The minimum Gasteiger partial charge on any atom is -0.306 e. The van der Waals surface area contributed by atoms with E-state index in [1.165, 1.54) is 51.9 Å². The van der Waals surface area contributed by atoms with Gasteiger partial charge in [0.15, 0.2) is 0 Å². The molecule has 0 aromatic carbocycles. The van der Waals surface area contributed by atoms with Gasteiger partial charge in [0, 0.05) is 12.6 Å². The maximum Gasteiger partial charge on any atom is 0.00385 e. The third-order valence-corrected chi connectivity index (χ3v) is 4.28. The standard InChI is InChI=1S/C17H36N2/c1-15(2)19-12-9-16(10-13-19)8-7-11-18(6)14-17(3,4)5/h15-16H,7-14H2,1-6H3. The highest BCUT2D eigenvalue weighted by molar-refractivity contribution is 4.75. The van der Waals surface area contributed by atoms with Gasteiger partial charge in [0.2, 0.25) is 0 Å². The summed E-state index contributed by atoms with van der Waals surface area (Å²) in [6, 6.07) is 0.735. The summed E-state index contributed by atoms with van der Waals surface area (Å²) in [5, 5.41) is 0. The molecule has 1 rings (SSSR count). The van der Waals surface area contributed by atoms with Crippen molar-refractivity contribution in [3.63, 3.8) is 0 Å². The van der Waals surface area contributed by atoms with Crippen molar-refractivity contribution in [2.45, 2.75) is 66.3 Å². The predicted octanol–water partition coefficient (Wildman–Crippen LogP) is 3.86. The molecule has 1 fully saturated rings. The molecule has 1 aliphatic heterocycles. The summed E-state index contributed by atoms with van der Waals surface area (Å²) in [4.78, 5) is 5.13. The number of piperidine rings is 1. The van der Waals surface area contributed by atoms with Crippen LogP contribution in [0.1, 0.15) is 60.3 Å². The van der Waals surface area contributed by atoms with Crippen LogP contribution >= 0.6 is 0 Å². The highest BCUT2D eigenvalue weighted by Crippen LogP contribution is 2.23. The first-order valence-corrected chi connectivity index (χ1v) is 8.20. The van der Waals surface area contributed by atoms with Crippen molar-refractivity contribution in [2.75, 3.05) is 33.2 Å². The topological polar surface area (TPSA) is 6.48 Å². The Labute approximate surface area is 121 Å². The van der Waals surface area contributed by atoms with E-state index in [9.17, 15) is 0 Å². The molecule has 0 unspecified atom stereocenters. The van der Waals surface area contributed by atoms with Gasteiger partial charge in [-0.05, 0) is 77.5 Å². The van der Waals surface area contributed by atoms with Crippen LogP contribution in [0.3, 0.4) is 0 Å². The summed E-state index contributed by atoms with van der Waals surface area (Å²) in [6.07, 6.45) is 5.64. The largest absolute Gasteiger partial charge is 0.306 e. The van der Waals surface area contributed by atoms with Crippen LogP contribution in [0.5, 0.6) is 0 Å². The minimum absolute atomic E-state index is 0.428. The molecule has 1 aliphatic rings. The zero-order valence-electron chi connectivity index (χ0n) is 14.2. The fourth-order valence-corrected chi connectivity index (χ4v) is 3.30. The Morgan fingerprint density at radius 1 is 1.16 bits per heavy atom. The smallest absolute Gasteiger partial charge is 0.00385 e. The zero-order valence-corrected chi connectivity index (χ0v) is 14.2. The van der Waals surface area contributed by atoms with Crippen LogP contribution in [-0.2, 0) is 0 Å². The summed E-state index contributed by atoms with van der Waals surface area (Å²) in [6.45, 7) is 16.7. The number of likely N-dealkylation sites (tertiary alicyclic amines) is 1. The van der Waals surface area contributed by atoms with Crippen LogP contribution < -0.4 is 0 Å². The van der Waals surface area contributed by atoms with Crippen molar-refractivity contribution in [3.8, 4) is 0 Å². The zero-order chi connectivity index (χ0) is 14.5. The Morgan fingerprint density at radius 3 is 2.21 bits per heavy atom. The minimum atomic E-state index is 0.428. The second-order valence-corrected chi connectivity index (χ2v) is 8.01. The van der Waals surface area contributed by atoms with Crippen LogP contribution in [-0.4, -0.2) is 49.1 Å². The fraction of sp³-hybridized carbons (Fsp3) is 1.00. The molecule has 0 amide bonds. The van der Waals surface area contributed by atoms with E-state index in [0.717, 1.165) is 12.0 Å². The highest BCUT2D eigenvalue weighted by Gasteiger charge is 2.20. The molecule has 0 radical (unpaired) electrons. The molecule has 0 aromatic rings. The molecule has 2 heteroatoms. The van der Waals surface area contributed by atoms with Crippen molar-refractivity contribution >= 4 is 0 Å². The lowest BCUT2D eigenvalue weighted by Crippen LogP contribution is -2.38. The Balaban J connectivity index is 2.11. The molecule has 0 atom stereocenters. The number of rotatable bonds is 6. The second-order valence-electron chi connectivity index (χ2n) is 8.01. The van der Waals surface area contributed by atoms with Gasteiger partial charge in [-0.1, -0.05) is 20.8 Å². The number of nitrogens with zero attached hydrogens (tertiary/aromatic N) is 2. The van der Waals surface area contributed by atoms with Gasteiger partial charge in [0.05, 0.1) is 0 Å². The number of hydrogen-bond donors (Lipinski definition) is 0. The quantitative estimate of drug-likeness (QED) is 0.721. The van der Waals surface area contributed by atoms with Gasteiger partial charge in [-0.3, -0.25) is 0 Å². The summed E-state index contributed by atoms with van der Waals surface area (Å²) in [5.41, 5.74) is 0.428. The lowest BCUT2D eigenvalue weighted by Gasteiger charge is -2.35. The van der Waals surface area contributed by atoms with E-state index in [0.29, 0.717) is 5.41 Å². The third kappa shape index (κ3) is 7.31. The van der Waals surface area contributed by atoms with Gasteiger partial charge >= 0.3 is 0 Å². The molecule has 0 aromatic heterocycles. The van der Waals surface area contributed by atoms with Crippen molar-refractivity contribution in [1.29, 1.82) is 0 Å². The molecule has 2 nitrogen and oxygen atoms in total. The second kappa shape index (κ2) is 7.64. The normalized spacial score (nSPS) is 19.6. The van der Waals surface area contributed by atoms with Crippen LogP contribution in [0.15, 0.2) is 0 Å². The summed E-state index contributed by atoms with van der Waals surface area (Å²) in [5.74, 6) is 0.984. The SMILES string of the molecule is CC(C)N1CCC(CCCN(C)CC(C)(C)C)CC1. The first-order chi connectivity index (χ1) is 8.78. The highest BCUT2D eigenvalue weighted by atomic mass is 15.1. The van der Waals surface area contributed by atoms with Crippen molar-refractivity contribution in [2.24, 2.45) is 11.3 Å². The average molecular weight is 268 g/mol. The molecule has 0 aliphatic carbocycles. The van der Waals surface area contributed by atoms with Gasteiger partial charge < -0.3 is 9.80 Å². The first-order valence-electron chi connectivity index (χ1n) is 8.20. The first kappa shape index (κ1) is 17.0. The van der Waals surface area contributed by atoms with Gasteiger partial charge in [-0.15, -0.1) is 0 Å². The number of hydrogen-bond acceptors (Lipinski definition) is 2. The predicted molar refractivity (Wildman–Crippen MR) is 85.6 cm³/mol. The monoisotopic (exact) mass is 268 g/mol. The Hall–Kier alpha value is -0.0800. The Morgan fingerprint density at radius 2 is 1.74 bits per heavy atom. The summed E-state index contributed by atoms with van der Waals surface area (Å²) >= 11 is 0. The van der Waals surface area contributed by atoms with Gasteiger partial charge in [-0.25, -0.2) is 0 Å². The molecular formula is C17H36N2. The van der Waals surface area contributed by atoms with Gasteiger partial charge in [-0.2, -0.15) is 0 Å². The molecule has 1 heterocycles. The average Bonchev–Trinajstić information content (AvgIpc) is 2.27. The van der Waals surface area contributed by atoms with Gasteiger partial charge in [0.25, 0.3) is 0 Å². The molecule has 0 saturated carbocycles. The van der Waals surface area contributed by atoms with Gasteiger partial charge in [0.1, 0.15) is 0 Å². The molecule has 19 heavy (non-hydrogen) atoms. The van der Waals surface area contributed by atoms with E-state index in [1.807, 2.05) is 0 Å². The van der Waals surface area contributed by atoms with E-state index in [-0.39, 0.29) is 0 Å². The fourth-order valence-electron chi connectivity index (χ4n) is 3.30. The van der Waals surface area contributed by atoms with E-state index >= 15 is 0 Å². The van der Waals surface area contributed by atoms with Crippen molar-refractivity contribution in [1.82, 2.24) is 9.80 Å². The Kier molecular flexibility index (Phi) is 6.82. The van der Waals surface area contributed by atoms with Crippen LogP contribution in [0.4, 0.5) is 0 Å². The van der Waals surface area contributed by atoms with E-state index in [1.54, 1.807) is 0 Å². The lowest BCUT2D eigenvalue weighted by atomic mass is 9.91. The van der Waals surface area contributed by atoms with Crippen LogP contribution in [0, 0.1) is 11.3 Å². The third-order valence-electron chi connectivity index (χ3n) is 4.28. The molecule has 1 saturated heterocycles. The molecule has 114 valence electrons.